The Hall–Kier alpha value is -1.43. The molecule has 5 heteroatoms. The molecule has 1 aromatic carbocycles. The maximum atomic E-state index is 11.5. The zero-order valence-corrected chi connectivity index (χ0v) is 9.89. The van der Waals surface area contributed by atoms with Crippen molar-refractivity contribution in [1.82, 2.24) is 5.48 Å². The third kappa shape index (κ3) is 5.44. The van der Waals surface area contributed by atoms with Crippen molar-refractivity contribution in [3.8, 4) is 0 Å². The number of nitrogens with two attached hydrogens (primary N) is 1. The second-order valence-electron chi connectivity index (χ2n) is 3.60. The van der Waals surface area contributed by atoms with Crippen LogP contribution in [0.3, 0.4) is 0 Å². The average molecular weight is 238 g/mol. The molecule has 0 aromatic heterocycles. The number of carbonyl (C=O) groups excluding carboxylic acids is 1. The predicted molar refractivity (Wildman–Crippen MR) is 64.1 cm³/mol. The Balaban J connectivity index is 2.27. The number of hydrogen-bond donors (Lipinski definition) is 2. The Morgan fingerprint density at radius 3 is 2.71 bits per heavy atom. The van der Waals surface area contributed by atoms with Crippen molar-refractivity contribution in [2.24, 2.45) is 5.73 Å². The van der Waals surface area contributed by atoms with Gasteiger partial charge in [-0.1, -0.05) is 30.3 Å². The van der Waals surface area contributed by atoms with Gasteiger partial charge < -0.3 is 10.5 Å². The van der Waals surface area contributed by atoms with Gasteiger partial charge in [-0.05, 0) is 12.0 Å². The molecule has 0 saturated carbocycles. The maximum absolute atomic E-state index is 11.5. The fraction of sp³-hybridized carbons (Fsp3) is 0.417. The number of amides is 1. The SMILES string of the molecule is COCCONC(=O)C(N)Cc1ccccc1. The first-order chi connectivity index (χ1) is 8.24. The summed E-state index contributed by atoms with van der Waals surface area (Å²) in [6.45, 7) is 0.731. The number of benzene rings is 1. The van der Waals surface area contributed by atoms with E-state index in [4.69, 9.17) is 15.3 Å². The first-order valence-electron chi connectivity index (χ1n) is 5.44. The Labute approximate surface area is 101 Å². The van der Waals surface area contributed by atoms with Crippen molar-refractivity contribution in [2.45, 2.75) is 12.5 Å². The minimum Gasteiger partial charge on any atom is -0.382 e. The highest BCUT2D eigenvalue weighted by Crippen LogP contribution is 2.01. The largest absolute Gasteiger partial charge is 0.382 e. The summed E-state index contributed by atoms with van der Waals surface area (Å²) in [6, 6.07) is 8.99. The standard InChI is InChI=1S/C12H18N2O3/c1-16-7-8-17-14-12(15)11(13)9-10-5-3-2-4-6-10/h2-6,11H,7-9,13H2,1H3,(H,14,15). The van der Waals surface area contributed by atoms with E-state index in [0.717, 1.165) is 5.56 Å². The van der Waals surface area contributed by atoms with Crippen molar-refractivity contribution >= 4 is 5.91 Å². The van der Waals surface area contributed by atoms with Gasteiger partial charge in [0.05, 0.1) is 19.3 Å². The van der Waals surface area contributed by atoms with Gasteiger partial charge in [0.25, 0.3) is 5.91 Å². The lowest BCUT2D eigenvalue weighted by molar-refractivity contribution is -0.135. The van der Waals surface area contributed by atoms with E-state index >= 15 is 0 Å². The third-order valence-corrected chi connectivity index (χ3v) is 2.20. The van der Waals surface area contributed by atoms with E-state index < -0.39 is 6.04 Å². The Morgan fingerprint density at radius 1 is 1.35 bits per heavy atom. The molecule has 1 unspecified atom stereocenters. The number of ether oxygens (including phenoxy) is 1. The summed E-state index contributed by atoms with van der Waals surface area (Å²) in [5.41, 5.74) is 9.05. The summed E-state index contributed by atoms with van der Waals surface area (Å²) < 4.78 is 4.77. The molecule has 0 heterocycles. The van der Waals surface area contributed by atoms with Crippen molar-refractivity contribution in [3.63, 3.8) is 0 Å². The molecule has 0 fully saturated rings. The van der Waals surface area contributed by atoms with Crippen LogP contribution >= 0.6 is 0 Å². The van der Waals surface area contributed by atoms with Crippen molar-refractivity contribution < 1.29 is 14.4 Å². The lowest BCUT2D eigenvalue weighted by atomic mass is 10.1. The van der Waals surface area contributed by atoms with Crippen LogP contribution in [-0.2, 0) is 20.8 Å². The molecule has 1 rings (SSSR count). The summed E-state index contributed by atoms with van der Waals surface area (Å²) in [5.74, 6) is -0.329. The molecule has 0 aliphatic carbocycles. The molecule has 0 aliphatic heterocycles. The number of nitrogens with one attached hydrogen (secondary N) is 1. The minimum absolute atomic E-state index is 0.306. The molecule has 1 amide bonds. The van der Waals surface area contributed by atoms with Gasteiger partial charge in [-0.3, -0.25) is 9.63 Å². The van der Waals surface area contributed by atoms with E-state index in [0.29, 0.717) is 19.6 Å². The van der Waals surface area contributed by atoms with Crippen molar-refractivity contribution in [3.05, 3.63) is 35.9 Å². The molecule has 0 radical (unpaired) electrons. The van der Waals surface area contributed by atoms with Crippen LogP contribution in [0.2, 0.25) is 0 Å². The van der Waals surface area contributed by atoms with Crippen LogP contribution in [0, 0.1) is 0 Å². The molecular formula is C12H18N2O3. The second-order valence-corrected chi connectivity index (χ2v) is 3.60. The molecular weight excluding hydrogens is 220 g/mol. The van der Waals surface area contributed by atoms with E-state index in [1.54, 1.807) is 7.11 Å². The lowest BCUT2D eigenvalue weighted by Gasteiger charge is -2.11. The molecule has 3 N–H and O–H groups in total. The maximum Gasteiger partial charge on any atom is 0.260 e. The Kier molecular flexibility index (Phi) is 6.24. The molecule has 17 heavy (non-hydrogen) atoms. The molecule has 0 saturated heterocycles. The van der Waals surface area contributed by atoms with Crippen molar-refractivity contribution in [2.75, 3.05) is 20.3 Å². The highest BCUT2D eigenvalue weighted by Gasteiger charge is 2.13. The number of rotatable bonds is 7. The van der Waals surface area contributed by atoms with Gasteiger partial charge in [0.15, 0.2) is 0 Å². The first-order valence-corrected chi connectivity index (χ1v) is 5.44. The normalized spacial score (nSPS) is 12.1. The van der Waals surface area contributed by atoms with E-state index in [2.05, 4.69) is 5.48 Å². The second kappa shape index (κ2) is 7.78. The minimum atomic E-state index is -0.611. The van der Waals surface area contributed by atoms with Gasteiger partial charge in [0.1, 0.15) is 0 Å². The predicted octanol–water partition coefficient (Wildman–Crippen LogP) is 0.251. The average Bonchev–Trinajstić information content (AvgIpc) is 2.35. The topological polar surface area (TPSA) is 73.6 Å². The highest BCUT2D eigenvalue weighted by molar-refractivity contribution is 5.80. The van der Waals surface area contributed by atoms with Gasteiger partial charge in [-0.2, -0.15) is 0 Å². The number of hydroxylamine groups is 1. The summed E-state index contributed by atoms with van der Waals surface area (Å²) in [4.78, 5) is 16.4. The van der Waals surface area contributed by atoms with Crippen LogP contribution in [0.4, 0.5) is 0 Å². The van der Waals surface area contributed by atoms with E-state index in [9.17, 15) is 4.79 Å². The molecule has 0 aliphatic rings. The van der Waals surface area contributed by atoms with Gasteiger partial charge in [0.2, 0.25) is 0 Å². The molecule has 94 valence electrons. The Morgan fingerprint density at radius 2 is 2.06 bits per heavy atom. The molecule has 0 spiro atoms. The highest BCUT2D eigenvalue weighted by atomic mass is 16.7. The summed E-state index contributed by atoms with van der Waals surface area (Å²) in [5, 5.41) is 0. The van der Waals surface area contributed by atoms with E-state index in [1.807, 2.05) is 30.3 Å². The van der Waals surface area contributed by atoms with E-state index in [-0.39, 0.29) is 5.91 Å². The first kappa shape index (κ1) is 13.6. The van der Waals surface area contributed by atoms with Gasteiger partial charge in [-0.25, -0.2) is 5.48 Å². The number of hydrogen-bond acceptors (Lipinski definition) is 4. The summed E-state index contributed by atoms with van der Waals surface area (Å²) in [7, 11) is 1.56. The fourth-order valence-electron chi connectivity index (χ4n) is 1.28. The molecule has 5 nitrogen and oxygen atoms in total. The summed E-state index contributed by atoms with van der Waals surface area (Å²) in [6.07, 6.45) is 0.486. The zero-order valence-electron chi connectivity index (χ0n) is 9.89. The fourth-order valence-corrected chi connectivity index (χ4v) is 1.28. The van der Waals surface area contributed by atoms with E-state index in [1.165, 1.54) is 0 Å². The van der Waals surface area contributed by atoms with Crippen LogP contribution in [0.15, 0.2) is 30.3 Å². The Bertz CT molecular complexity index is 330. The smallest absolute Gasteiger partial charge is 0.260 e. The number of carbonyl (C=O) groups is 1. The molecule has 1 aromatic rings. The zero-order chi connectivity index (χ0) is 12.5. The monoisotopic (exact) mass is 238 g/mol. The van der Waals surface area contributed by atoms with Crippen LogP contribution in [0.25, 0.3) is 0 Å². The van der Waals surface area contributed by atoms with Crippen LogP contribution < -0.4 is 11.2 Å². The summed E-state index contributed by atoms with van der Waals surface area (Å²) >= 11 is 0. The van der Waals surface area contributed by atoms with Crippen LogP contribution in [0.1, 0.15) is 5.56 Å². The molecule has 0 bridgehead atoms. The quantitative estimate of drug-likeness (QED) is 0.527. The lowest BCUT2D eigenvalue weighted by Crippen LogP contribution is -2.42. The van der Waals surface area contributed by atoms with Gasteiger partial charge >= 0.3 is 0 Å². The van der Waals surface area contributed by atoms with Crippen molar-refractivity contribution in [1.29, 1.82) is 0 Å². The number of methoxy groups -OCH3 is 1. The van der Waals surface area contributed by atoms with Crippen LogP contribution in [0.5, 0.6) is 0 Å². The third-order valence-electron chi connectivity index (χ3n) is 2.20. The molecule has 1 atom stereocenters. The van der Waals surface area contributed by atoms with Gasteiger partial charge in [-0.15, -0.1) is 0 Å². The van der Waals surface area contributed by atoms with Gasteiger partial charge in [0, 0.05) is 7.11 Å². The van der Waals surface area contributed by atoms with Crippen LogP contribution in [-0.4, -0.2) is 32.3 Å².